The Morgan fingerprint density at radius 3 is 0.764 bits per heavy atom. The molecule has 106 heavy (non-hydrogen) atoms. The fourth-order valence-electron chi connectivity index (χ4n) is 19.1. The largest absolute Gasteiger partial charge is 0.310 e. The van der Waals surface area contributed by atoms with Crippen LogP contribution in [0.15, 0.2) is 376 Å². The summed E-state index contributed by atoms with van der Waals surface area (Å²) in [5, 5.41) is 2.35. The number of rotatable bonds is 10. The topological polar surface area (TPSA) is 6.48 Å². The lowest BCUT2D eigenvalue weighted by Crippen LogP contribution is -2.74. The van der Waals surface area contributed by atoms with E-state index >= 15 is 0 Å². The lowest BCUT2D eigenvalue weighted by atomic mass is 9.21. The molecular weight excluding hydrogens is 1270 g/mol. The van der Waals surface area contributed by atoms with E-state index in [4.69, 9.17) is 0 Å². The van der Waals surface area contributed by atoms with Crippen molar-refractivity contribution in [3.8, 4) is 44.5 Å². The van der Waals surface area contributed by atoms with Crippen molar-refractivity contribution in [1.82, 2.24) is 0 Å². The Labute approximate surface area is 624 Å². The standard InChI is InChI=1S/C100H74B4N2/c1-99(2)83-34-11-23-46-95(83)105(96-47-24-12-35-84(96)99)77-58-52-68(53-59-77)80-64-72-66-82(70-28-27-33-76(62-70)104-93-44-21-19-42-91(93)102(74-31-9-6-10-32-74)92-43-20-22-45-94(92)104)81(69-54-60-78(61-55-69)106-97-48-25-13-36-85(97)100(3,4)86-37-14-26-49-98(86)106)65-71(72)63-79(80)67-50-56-75(57-51-67)103-89-40-17-15-38-87(89)101(73-29-7-5-8-30-73)88-39-16-18-41-90(88)103/h5-66H,1-4H3. The minimum Gasteiger partial charge on any atom is -0.310 e. The second-order valence-electron chi connectivity index (χ2n) is 30.5. The van der Waals surface area contributed by atoms with Gasteiger partial charge in [-0.15, -0.1) is 0 Å². The molecule has 6 heteroatoms. The number of hydrogen-bond acceptors (Lipinski definition) is 2. The molecule has 0 saturated carbocycles. The third-order valence-electron chi connectivity index (χ3n) is 24.1. The van der Waals surface area contributed by atoms with Crippen LogP contribution in [0.25, 0.3) is 55.3 Å². The van der Waals surface area contributed by atoms with Crippen LogP contribution in [-0.2, 0) is 10.8 Å². The summed E-state index contributed by atoms with van der Waals surface area (Å²) in [6.45, 7) is 9.80. The Hall–Kier alpha value is -12.4. The molecular formula is C100H74B4N2. The highest BCUT2D eigenvalue weighted by Crippen LogP contribution is 2.54. The van der Waals surface area contributed by atoms with Gasteiger partial charge in [-0.2, -0.15) is 0 Å². The van der Waals surface area contributed by atoms with Crippen LogP contribution in [0.4, 0.5) is 34.1 Å². The third kappa shape index (κ3) is 10.2. The van der Waals surface area contributed by atoms with E-state index in [2.05, 4.69) is 414 Å². The summed E-state index contributed by atoms with van der Waals surface area (Å²) in [7, 11) is 0. The van der Waals surface area contributed by atoms with Gasteiger partial charge in [0.25, 0.3) is 0 Å². The molecule has 0 spiro atoms. The number of anilines is 6. The zero-order chi connectivity index (χ0) is 70.8. The number of para-hydroxylation sites is 4. The van der Waals surface area contributed by atoms with Gasteiger partial charge in [-0.3, -0.25) is 0 Å². The van der Waals surface area contributed by atoms with Gasteiger partial charge in [0.15, 0.2) is 0 Å². The second kappa shape index (κ2) is 25.2. The molecule has 0 amide bonds. The number of nitrogens with zero attached hydrogens (tertiary/aromatic N) is 2. The first-order chi connectivity index (χ1) is 52.1. The van der Waals surface area contributed by atoms with Crippen molar-refractivity contribution in [3.63, 3.8) is 0 Å². The Balaban J connectivity index is 0.774. The monoisotopic (exact) mass is 1350 g/mol. The fraction of sp³-hybridized carbons (Fsp3) is 0.0600. The zero-order valence-electron chi connectivity index (χ0n) is 60.0. The normalized spacial score (nSPS) is 14.1. The summed E-state index contributed by atoms with van der Waals surface area (Å²) in [5.74, 6) is 0. The number of hydrogen-bond donors (Lipinski definition) is 0. The molecule has 2 nitrogen and oxygen atoms in total. The van der Waals surface area contributed by atoms with Gasteiger partial charge < -0.3 is 9.80 Å². The van der Waals surface area contributed by atoms with Crippen LogP contribution in [0, 0.1) is 0 Å². The highest BCUT2D eigenvalue weighted by atomic mass is 15.2. The van der Waals surface area contributed by atoms with Crippen molar-refractivity contribution in [2.24, 2.45) is 0 Å². The van der Waals surface area contributed by atoms with E-state index in [0.29, 0.717) is 0 Å². The van der Waals surface area contributed by atoms with Crippen molar-refractivity contribution in [3.05, 3.63) is 398 Å². The molecule has 496 valence electrons. The molecule has 4 aliphatic heterocycles. The highest BCUT2D eigenvalue weighted by Gasteiger charge is 2.42. The first-order valence-electron chi connectivity index (χ1n) is 37.6. The van der Waals surface area contributed by atoms with E-state index in [0.717, 1.165) is 22.5 Å². The lowest BCUT2D eigenvalue weighted by molar-refractivity contribution is 0.632. The van der Waals surface area contributed by atoms with Crippen molar-refractivity contribution < 1.29 is 0 Å². The molecule has 0 saturated heterocycles. The maximum Gasteiger partial charge on any atom is 0.240 e. The molecule has 16 aromatic carbocycles. The van der Waals surface area contributed by atoms with Crippen LogP contribution in [-0.4, -0.2) is 26.9 Å². The first-order valence-corrected chi connectivity index (χ1v) is 37.6. The molecule has 0 N–H and O–H groups in total. The van der Waals surface area contributed by atoms with Crippen molar-refractivity contribution >= 4 is 137 Å². The zero-order valence-corrected chi connectivity index (χ0v) is 60.0. The average Bonchev–Trinajstić information content (AvgIpc) is 0.744. The minimum atomic E-state index is -0.168. The first kappa shape index (κ1) is 63.3. The van der Waals surface area contributed by atoms with Gasteiger partial charge in [0.2, 0.25) is 26.9 Å². The van der Waals surface area contributed by atoms with Crippen LogP contribution in [0.5, 0.6) is 0 Å². The van der Waals surface area contributed by atoms with Crippen molar-refractivity contribution in [1.29, 1.82) is 0 Å². The van der Waals surface area contributed by atoms with E-state index in [9.17, 15) is 0 Å². The molecule has 20 rings (SSSR count). The summed E-state index contributed by atoms with van der Waals surface area (Å²) in [5.41, 5.74) is 37.5. The van der Waals surface area contributed by atoms with Gasteiger partial charge in [0.1, 0.15) is 0 Å². The van der Waals surface area contributed by atoms with Gasteiger partial charge in [-0.05, 0) is 150 Å². The molecule has 0 radical (unpaired) electrons. The molecule has 16 aromatic rings. The maximum absolute atomic E-state index is 2.50. The SMILES string of the molecule is CC1(C)c2ccccc2N(c2ccc(-c3cc4cc(-c5cccc(B6c7ccccc7B(c7ccccc7)c7ccccc76)c5)c(-c5ccc(N6c7ccccc7C(C)(C)c7ccccc76)cc5)cc4cc3-c3ccc(B4c5ccccc5B(c5ccccc5)c5ccccc54)cc3)cc2)c2ccccc21. The van der Waals surface area contributed by atoms with E-state index < -0.39 is 0 Å². The summed E-state index contributed by atoms with van der Waals surface area (Å²) >= 11 is 0. The van der Waals surface area contributed by atoms with Gasteiger partial charge in [-0.1, -0.05) is 397 Å². The molecule has 4 aliphatic rings. The summed E-state index contributed by atoms with van der Waals surface area (Å²) in [6.07, 6.45) is 0. The summed E-state index contributed by atoms with van der Waals surface area (Å²) < 4.78 is 0. The minimum absolute atomic E-state index is 0.0199. The van der Waals surface area contributed by atoms with Gasteiger partial charge in [-0.25, -0.2) is 0 Å². The fourth-order valence-corrected chi connectivity index (χ4v) is 19.1. The molecule has 4 heterocycles. The van der Waals surface area contributed by atoms with Crippen LogP contribution < -0.4 is 75.4 Å². The van der Waals surface area contributed by atoms with E-state index in [-0.39, 0.29) is 37.7 Å². The van der Waals surface area contributed by atoms with E-state index in [1.165, 1.54) is 155 Å². The number of benzene rings is 16. The van der Waals surface area contributed by atoms with E-state index in [1.807, 2.05) is 0 Å². The summed E-state index contributed by atoms with van der Waals surface area (Å²) in [4.78, 5) is 4.94. The second-order valence-corrected chi connectivity index (χ2v) is 30.5. The van der Waals surface area contributed by atoms with Gasteiger partial charge in [0.05, 0.1) is 22.7 Å². The predicted octanol–water partition coefficient (Wildman–Crippen LogP) is 16.4. The van der Waals surface area contributed by atoms with Crippen LogP contribution >= 0.6 is 0 Å². The Morgan fingerprint density at radius 1 is 0.198 bits per heavy atom. The molecule has 0 fully saturated rings. The van der Waals surface area contributed by atoms with Crippen LogP contribution in [0.1, 0.15) is 49.9 Å². The molecule has 0 bridgehead atoms. The van der Waals surface area contributed by atoms with Crippen LogP contribution in [0.2, 0.25) is 0 Å². The maximum atomic E-state index is 2.50. The third-order valence-corrected chi connectivity index (χ3v) is 24.1. The molecule has 0 atom stereocenters. The predicted molar refractivity (Wildman–Crippen MR) is 457 cm³/mol. The quantitative estimate of drug-likeness (QED) is 0.126. The Bertz CT molecular complexity index is 5930. The van der Waals surface area contributed by atoms with Gasteiger partial charge >= 0.3 is 0 Å². The van der Waals surface area contributed by atoms with Crippen LogP contribution in [0.3, 0.4) is 0 Å². The molecule has 0 aliphatic carbocycles. The Kier molecular flexibility index (Phi) is 15.1. The smallest absolute Gasteiger partial charge is 0.240 e. The van der Waals surface area contributed by atoms with Crippen molar-refractivity contribution in [2.45, 2.75) is 38.5 Å². The molecule has 0 unspecified atom stereocenters. The van der Waals surface area contributed by atoms with E-state index in [1.54, 1.807) is 0 Å². The lowest BCUT2D eigenvalue weighted by Gasteiger charge is -2.42. The highest BCUT2D eigenvalue weighted by molar-refractivity contribution is 7.12. The summed E-state index contributed by atoms with van der Waals surface area (Å²) in [6, 6.07) is 143. The average molecular weight is 1350 g/mol. The Morgan fingerprint density at radius 2 is 0.443 bits per heavy atom. The number of fused-ring (bicyclic) bond motifs is 9. The molecule has 0 aromatic heterocycles. The van der Waals surface area contributed by atoms with Crippen molar-refractivity contribution in [2.75, 3.05) is 9.80 Å². The van der Waals surface area contributed by atoms with Gasteiger partial charge in [0, 0.05) is 22.2 Å².